The van der Waals surface area contributed by atoms with E-state index in [9.17, 15) is 10.2 Å². The van der Waals surface area contributed by atoms with Gasteiger partial charge in [0, 0.05) is 0 Å². The van der Waals surface area contributed by atoms with Gasteiger partial charge in [0.2, 0.25) is 0 Å². The Bertz CT molecular complexity index is 344. The minimum absolute atomic E-state index is 0.0721. The topological polar surface area (TPSA) is 40.5 Å². The number of hydrogen-bond acceptors (Lipinski definition) is 2. The Hall–Kier alpha value is -0.0800. The largest absolute Gasteiger partial charge is 0.390 e. The van der Waals surface area contributed by atoms with Gasteiger partial charge >= 0.3 is 0 Å². The maximum atomic E-state index is 11.4. The van der Waals surface area contributed by atoms with Gasteiger partial charge in [-0.1, -0.05) is 137 Å². The summed E-state index contributed by atoms with van der Waals surface area (Å²) in [6.07, 6.45) is 24.1. The molecule has 2 heteroatoms. The lowest BCUT2D eigenvalue weighted by Gasteiger charge is -2.41. The van der Waals surface area contributed by atoms with Gasteiger partial charge in [-0.2, -0.15) is 0 Å². The first-order valence-electron chi connectivity index (χ1n) is 13.9. The highest BCUT2D eigenvalue weighted by atomic mass is 16.3. The van der Waals surface area contributed by atoms with Gasteiger partial charge < -0.3 is 10.2 Å². The quantitative estimate of drug-likeness (QED) is 0.160. The van der Waals surface area contributed by atoms with E-state index in [0.29, 0.717) is 0 Å². The Morgan fingerprint density at radius 2 is 0.833 bits per heavy atom. The molecule has 2 N–H and O–H groups in total. The van der Waals surface area contributed by atoms with E-state index in [1.807, 2.05) is 0 Å². The van der Waals surface area contributed by atoms with E-state index in [1.165, 1.54) is 103 Å². The van der Waals surface area contributed by atoms with E-state index >= 15 is 0 Å². The third-order valence-corrected chi connectivity index (χ3v) is 7.18. The van der Waals surface area contributed by atoms with Gasteiger partial charge in [-0.15, -0.1) is 0 Å². The standard InChI is InChI=1S/C28H58O2/c1-5-9-13-16-18-21-25-28(23-12-8-4,24-20-15-11-7-3)27(30)26(29)22-19-17-14-10-6-2/h26-27,29-30H,5-25H2,1-4H3. The molecule has 0 aromatic heterocycles. The van der Waals surface area contributed by atoms with Crippen molar-refractivity contribution >= 4 is 0 Å². The lowest BCUT2D eigenvalue weighted by molar-refractivity contribution is -0.0835. The second kappa shape index (κ2) is 20.8. The lowest BCUT2D eigenvalue weighted by Crippen LogP contribution is -2.43. The molecule has 30 heavy (non-hydrogen) atoms. The number of aliphatic hydroxyl groups is 2. The molecule has 3 unspecified atom stereocenters. The highest BCUT2D eigenvalue weighted by molar-refractivity contribution is 4.90. The fraction of sp³-hybridized carbons (Fsp3) is 1.00. The highest BCUT2D eigenvalue weighted by Gasteiger charge is 2.39. The van der Waals surface area contributed by atoms with E-state index in [0.717, 1.165) is 32.1 Å². The molecule has 0 saturated carbocycles. The molecule has 0 saturated heterocycles. The molecule has 0 aliphatic carbocycles. The summed E-state index contributed by atoms with van der Waals surface area (Å²) in [7, 11) is 0. The molecular weight excluding hydrogens is 368 g/mol. The SMILES string of the molecule is CCCCCCCCC(CCCC)(CCCCCC)C(O)C(O)CCCCCCC. The molecule has 0 spiro atoms. The molecule has 0 aliphatic heterocycles. The minimum Gasteiger partial charge on any atom is -0.390 e. The van der Waals surface area contributed by atoms with Crippen LogP contribution in [0.25, 0.3) is 0 Å². The first-order chi connectivity index (χ1) is 14.6. The van der Waals surface area contributed by atoms with Crippen LogP contribution in [0.4, 0.5) is 0 Å². The Labute approximate surface area is 190 Å². The molecular formula is C28H58O2. The van der Waals surface area contributed by atoms with E-state index < -0.39 is 12.2 Å². The fourth-order valence-electron chi connectivity index (χ4n) is 5.03. The Morgan fingerprint density at radius 1 is 0.467 bits per heavy atom. The van der Waals surface area contributed by atoms with Gasteiger partial charge in [0.1, 0.15) is 0 Å². The Morgan fingerprint density at radius 3 is 1.33 bits per heavy atom. The molecule has 2 nitrogen and oxygen atoms in total. The first kappa shape index (κ1) is 29.9. The van der Waals surface area contributed by atoms with E-state index in [4.69, 9.17) is 0 Å². The average Bonchev–Trinajstić information content (AvgIpc) is 2.76. The van der Waals surface area contributed by atoms with Crippen LogP contribution in [0.1, 0.15) is 163 Å². The van der Waals surface area contributed by atoms with Gasteiger partial charge in [0.05, 0.1) is 12.2 Å². The van der Waals surface area contributed by atoms with Crippen LogP contribution in [0, 0.1) is 5.41 Å². The Kier molecular flexibility index (Phi) is 20.7. The molecule has 0 fully saturated rings. The van der Waals surface area contributed by atoms with Crippen LogP contribution in [0.2, 0.25) is 0 Å². The smallest absolute Gasteiger partial charge is 0.0855 e. The van der Waals surface area contributed by atoms with Crippen LogP contribution >= 0.6 is 0 Å². The second-order valence-corrected chi connectivity index (χ2v) is 10.0. The van der Waals surface area contributed by atoms with E-state index in [-0.39, 0.29) is 5.41 Å². The zero-order valence-electron chi connectivity index (χ0n) is 21.4. The van der Waals surface area contributed by atoms with Crippen molar-refractivity contribution in [1.82, 2.24) is 0 Å². The maximum absolute atomic E-state index is 11.4. The predicted molar refractivity (Wildman–Crippen MR) is 134 cm³/mol. The van der Waals surface area contributed by atoms with Crippen LogP contribution in [0.3, 0.4) is 0 Å². The summed E-state index contributed by atoms with van der Waals surface area (Å²) in [4.78, 5) is 0. The zero-order chi connectivity index (χ0) is 22.5. The van der Waals surface area contributed by atoms with Crippen molar-refractivity contribution in [2.24, 2.45) is 5.41 Å². The molecule has 0 rings (SSSR count). The zero-order valence-corrected chi connectivity index (χ0v) is 21.4. The molecule has 0 heterocycles. The van der Waals surface area contributed by atoms with Crippen LogP contribution in [0.15, 0.2) is 0 Å². The summed E-state index contributed by atoms with van der Waals surface area (Å²) in [6, 6.07) is 0. The third-order valence-electron chi connectivity index (χ3n) is 7.18. The molecule has 3 atom stereocenters. The van der Waals surface area contributed by atoms with Crippen LogP contribution in [0.5, 0.6) is 0 Å². The van der Waals surface area contributed by atoms with Gasteiger partial charge in [-0.05, 0) is 31.1 Å². The lowest BCUT2D eigenvalue weighted by atomic mass is 9.68. The summed E-state index contributed by atoms with van der Waals surface area (Å²) >= 11 is 0. The summed E-state index contributed by atoms with van der Waals surface area (Å²) < 4.78 is 0. The number of hydrogen-bond donors (Lipinski definition) is 2. The number of unbranched alkanes of at least 4 members (excludes halogenated alkanes) is 13. The normalized spacial score (nSPS) is 15.8. The first-order valence-corrected chi connectivity index (χ1v) is 13.9. The van der Waals surface area contributed by atoms with Crippen molar-refractivity contribution in [3.8, 4) is 0 Å². The minimum atomic E-state index is -0.549. The highest BCUT2D eigenvalue weighted by Crippen LogP contribution is 2.42. The van der Waals surface area contributed by atoms with Gasteiger partial charge in [-0.3, -0.25) is 0 Å². The molecule has 0 bridgehead atoms. The molecule has 0 aliphatic rings. The van der Waals surface area contributed by atoms with Gasteiger partial charge in [0.15, 0.2) is 0 Å². The third kappa shape index (κ3) is 14.1. The monoisotopic (exact) mass is 426 g/mol. The molecule has 0 aromatic carbocycles. The van der Waals surface area contributed by atoms with Crippen LogP contribution < -0.4 is 0 Å². The second-order valence-electron chi connectivity index (χ2n) is 10.0. The molecule has 0 radical (unpaired) electrons. The van der Waals surface area contributed by atoms with Crippen LogP contribution in [-0.4, -0.2) is 22.4 Å². The molecule has 0 aromatic rings. The Balaban J connectivity index is 4.95. The van der Waals surface area contributed by atoms with E-state index in [2.05, 4.69) is 27.7 Å². The molecule has 0 amide bonds. The summed E-state index contributed by atoms with van der Waals surface area (Å²) in [6.45, 7) is 9.02. The van der Waals surface area contributed by atoms with Crippen molar-refractivity contribution in [2.45, 2.75) is 175 Å². The summed E-state index contributed by atoms with van der Waals surface area (Å²) in [5, 5.41) is 22.3. The van der Waals surface area contributed by atoms with Crippen molar-refractivity contribution in [1.29, 1.82) is 0 Å². The van der Waals surface area contributed by atoms with Crippen LogP contribution in [-0.2, 0) is 0 Å². The van der Waals surface area contributed by atoms with E-state index in [1.54, 1.807) is 0 Å². The molecule has 182 valence electrons. The van der Waals surface area contributed by atoms with Crippen molar-refractivity contribution in [3.05, 3.63) is 0 Å². The average molecular weight is 427 g/mol. The summed E-state index contributed by atoms with van der Waals surface area (Å²) in [5.41, 5.74) is -0.0721. The summed E-state index contributed by atoms with van der Waals surface area (Å²) in [5.74, 6) is 0. The van der Waals surface area contributed by atoms with Crippen molar-refractivity contribution in [3.63, 3.8) is 0 Å². The fourth-order valence-corrected chi connectivity index (χ4v) is 5.03. The maximum Gasteiger partial charge on any atom is 0.0855 e. The van der Waals surface area contributed by atoms with Crippen molar-refractivity contribution < 1.29 is 10.2 Å². The predicted octanol–water partition coefficient (Wildman–Crippen LogP) is 8.97. The van der Waals surface area contributed by atoms with Gasteiger partial charge in [-0.25, -0.2) is 0 Å². The number of aliphatic hydroxyl groups excluding tert-OH is 2. The van der Waals surface area contributed by atoms with Gasteiger partial charge in [0.25, 0.3) is 0 Å². The van der Waals surface area contributed by atoms with Crippen molar-refractivity contribution in [2.75, 3.05) is 0 Å². The number of rotatable bonds is 23.